The van der Waals surface area contributed by atoms with Crippen LogP contribution in [0.5, 0.6) is 0 Å². The minimum atomic E-state index is -2.29. The zero-order chi connectivity index (χ0) is 29.0. The van der Waals surface area contributed by atoms with Crippen molar-refractivity contribution in [1.82, 2.24) is 18.7 Å². The first-order valence-corrected chi connectivity index (χ1v) is 13.7. The van der Waals surface area contributed by atoms with E-state index in [1.54, 1.807) is 18.1 Å². The van der Waals surface area contributed by atoms with Gasteiger partial charge in [0, 0.05) is 61.7 Å². The van der Waals surface area contributed by atoms with Gasteiger partial charge >= 0.3 is 0 Å². The second-order valence-corrected chi connectivity index (χ2v) is 11.0. The van der Waals surface area contributed by atoms with Gasteiger partial charge in [-0.1, -0.05) is 48.5 Å². The minimum Gasteiger partial charge on any atom is -0.319 e. The van der Waals surface area contributed by atoms with Crippen molar-refractivity contribution in [2.24, 2.45) is 6.98 Å². The SMILES string of the molecule is [2H]C([2H])([2H])n1[cH+]n(-c2[c-]c(Sc3[c-]c4c(cc3)c3ccccc3n4-c3cc(C(C)C)ccn3)ccc2)c2ccccc21.[Pt]. The van der Waals surface area contributed by atoms with Crippen LogP contribution in [0, 0.1) is 12.1 Å². The molecule has 3 heterocycles. The van der Waals surface area contributed by atoms with Crippen LogP contribution in [0.2, 0.25) is 0 Å². The van der Waals surface area contributed by atoms with E-state index in [0.717, 1.165) is 48.6 Å². The molecule has 0 aliphatic carbocycles. The van der Waals surface area contributed by atoms with Gasteiger partial charge in [-0.2, -0.15) is 24.3 Å². The third kappa shape index (κ3) is 4.57. The third-order valence-corrected chi connectivity index (χ3v) is 8.00. The number of aryl methyl sites for hydroxylation is 1. The second kappa shape index (κ2) is 10.7. The number of hydrogen-bond acceptors (Lipinski definition) is 2. The van der Waals surface area contributed by atoms with E-state index in [-0.39, 0.29) is 21.1 Å². The molecule has 200 valence electrons. The molecule has 0 atom stereocenters. The van der Waals surface area contributed by atoms with Gasteiger partial charge in [0.15, 0.2) is 17.4 Å². The molecule has 6 heteroatoms. The summed E-state index contributed by atoms with van der Waals surface area (Å²) in [6.07, 6.45) is 3.51. The van der Waals surface area contributed by atoms with Gasteiger partial charge in [0.05, 0.1) is 0 Å². The summed E-state index contributed by atoms with van der Waals surface area (Å²) in [5, 5.41) is 2.28. The zero-order valence-corrected chi connectivity index (χ0v) is 25.0. The Kier molecular flexibility index (Phi) is 6.19. The van der Waals surface area contributed by atoms with E-state index in [2.05, 4.69) is 79.1 Å². The zero-order valence-electron chi connectivity index (χ0n) is 24.9. The molecule has 0 radical (unpaired) electrons. The number of fused-ring (bicyclic) bond motifs is 4. The molecule has 4 nitrogen and oxygen atoms in total. The quantitative estimate of drug-likeness (QED) is 0.167. The molecule has 0 saturated carbocycles. The fourth-order valence-corrected chi connectivity index (χ4v) is 5.97. The first-order valence-electron chi connectivity index (χ1n) is 14.4. The number of imidazole rings is 1. The van der Waals surface area contributed by atoms with E-state index >= 15 is 0 Å². The van der Waals surface area contributed by atoms with Crippen LogP contribution in [0.15, 0.2) is 113 Å². The van der Waals surface area contributed by atoms with Crippen LogP contribution in [0.4, 0.5) is 0 Å². The summed E-state index contributed by atoms with van der Waals surface area (Å²) in [5.41, 5.74) is 5.52. The van der Waals surface area contributed by atoms with Crippen molar-refractivity contribution in [2.45, 2.75) is 29.6 Å². The summed E-state index contributed by atoms with van der Waals surface area (Å²) < 4.78 is 29.4. The van der Waals surface area contributed by atoms with E-state index in [4.69, 9.17) is 9.10 Å². The maximum absolute atomic E-state index is 8.00. The van der Waals surface area contributed by atoms with Crippen molar-refractivity contribution in [3.8, 4) is 11.5 Å². The van der Waals surface area contributed by atoms with E-state index < -0.39 is 6.98 Å². The maximum Gasteiger partial charge on any atom is 0.188 e. The maximum atomic E-state index is 8.00. The molecule has 3 aromatic heterocycles. The number of benzene rings is 4. The molecule has 0 saturated heterocycles. The second-order valence-electron chi connectivity index (χ2n) is 9.89. The van der Waals surface area contributed by atoms with E-state index in [1.807, 2.05) is 53.2 Å². The molecule has 7 aromatic rings. The van der Waals surface area contributed by atoms with Crippen molar-refractivity contribution < 1.29 is 25.2 Å². The number of para-hydroxylation sites is 3. The van der Waals surface area contributed by atoms with Crippen LogP contribution in [-0.4, -0.2) is 18.7 Å². The van der Waals surface area contributed by atoms with Gasteiger partial charge in [-0.3, -0.25) is 0 Å². The molecule has 4 aromatic carbocycles. The summed E-state index contributed by atoms with van der Waals surface area (Å²) >= 11 is 1.57. The normalized spacial score (nSPS) is 12.9. The van der Waals surface area contributed by atoms with E-state index in [9.17, 15) is 0 Å². The number of hydrogen-bond donors (Lipinski definition) is 0. The van der Waals surface area contributed by atoms with Crippen molar-refractivity contribution in [3.05, 3.63) is 121 Å². The summed E-state index contributed by atoms with van der Waals surface area (Å²) in [7, 11) is 0. The summed E-state index contributed by atoms with van der Waals surface area (Å²) in [6.45, 7) is 2.09. The van der Waals surface area contributed by atoms with E-state index in [0.29, 0.717) is 11.4 Å². The molecule has 0 N–H and O–H groups in total. The Labute approximate surface area is 256 Å². The molecule has 0 amide bonds. The van der Waals surface area contributed by atoms with Crippen LogP contribution in [0.1, 0.15) is 29.4 Å². The standard InChI is InChI=1S/C34H27N4S.Pt/c1-23(2)24-17-18-35-34(19-24)38-30-12-5-4-11-28(30)29-16-15-27(21-33(29)38)39-26-10-8-9-25(20-26)37-22-36(3)31-13-6-7-14-32(31)37;/h4-19,22-23H,1-3H3;/q-1;/i3D3;. The Morgan fingerprint density at radius 2 is 1.60 bits per heavy atom. The fraction of sp³-hybridized carbons (Fsp3) is 0.118. The Hall–Kier alpha value is -3.66. The van der Waals surface area contributed by atoms with Gasteiger partial charge in [-0.15, -0.1) is 34.2 Å². The third-order valence-electron chi connectivity index (χ3n) is 7.09. The molecule has 0 aliphatic rings. The Bertz CT molecular complexity index is 2110. The van der Waals surface area contributed by atoms with Crippen molar-refractivity contribution in [1.29, 1.82) is 0 Å². The predicted octanol–water partition coefficient (Wildman–Crippen LogP) is 8.61. The first kappa shape index (κ1) is 23.1. The van der Waals surface area contributed by atoms with E-state index in [1.165, 1.54) is 10.1 Å². The van der Waals surface area contributed by atoms with Crippen molar-refractivity contribution in [3.63, 3.8) is 0 Å². The van der Waals surface area contributed by atoms with Crippen LogP contribution in [0.25, 0.3) is 44.3 Å². The first-order chi connectivity index (χ1) is 20.3. The number of nitrogens with zero attached hydrogens (tertiary/aromatic N) is 4. The topological polar surface area (TPSA) is 27.7 Å². The number of rotatable bonds is 5. The van der Waals surface area contributed by atoms with Gasteiger partial charge in [0.25, 0.3) is 0 Å². The smallest absolute Gasteiger partial charge is 0.188 e. The van der Waals surface area contributed by atoms with Gasteiger partial charge in [-0.05, 0) is 47.2 Å². The molecular formula is C34H27N4PtS-. The van der Waals surface area contributed by atoms with Crippen LogP contribution in [-0.2, 0) is 28.0 Å². The fourth-order valence-electron chi connectivity index (χ4n) is 5.15. The molecular weight excluding hydrogens is 692 g/mol. The van der Waals surface area contributed by atoms with Gasteiger partial charge in [-0.25, -0.2) is 14.1 Å². The number of aromatic nitrogens is 4. The summed E-state index contributed by atoms with van der Waals surface area (Å²) in [4.78, 5) is 6.61. The molecule has 0 aliphatic heterocycles. The minimum absolute atomic E-state index is 0. The van der Waals surface area contributed by atoms with Crippen LogP contribution >= 0.6 is 11.8 Å². The molecule has 40 heavy (non-hydrogen) atoms. The predicted molar refractivity (Wildman–Crippen MR) is 161 cm³/mol. The Morgan fingerprint density at radius 3 is 2.42 bits per heavy atom. The molecule has 0 fully saturated rings. The van der Waals surface area contributed by atoms with Gasteiger partial charge in [0.2, 0.25) is 0 Å². The van der Waals surface area contributed by atoms with Gasteiger partial charge < -0.3 is 4.57 Å². The average molecular weight is 722 g/mol. The van der Waals surface area contributed by atoms with Crippen molar-refractivity contribution >= 4 is 44.6 Å². The van der Waals surface area contributed by atoms with Crippen LogP contribution < -0.4 is 0 Å². The summed E-state index contributed by atoms with van der Waals surface area (Å²) in [5.74, 6) is 1.27. The van der Waals surface area contributed by atoms with Gasteiger partial charge in [0.1, 0.15) is 5.82 Å². The number of pyridine rings is 1. The average Bonchev–Trinajstić information content (AvgIpc) is 3.54. The molecule has 7 rings (SSSR count). The molecule has 0 unspecified atom stereocenters. The largest absolute Gasteiger partial charge is 0.319 e. The molecule has 0 spiro atoms. The van der Waals surface area contributed by atoms with Crippen molar-refractivity contribution in [2.75, 3.05) is 0 Å². The Balaban J connectivity index is 0.00000329. The van der Waals surface area contributed by atoms with Crippen LogP contribution in [0.3, 0.4) is 0 Å². The summed E-state index contributed by atoms with van der Waals surface area (Å²) in [6, 6.07) is 37.5. The Morgan fingerprint density at radius 1 is 0.825 bits per heavy atom. The monoisotopic (exact) mass is 721 g/mol. The molecule has 0 bridgehead atoms.